The molecule has 4 nitrogen and oxygen atoms in total. The maximum absolute atomic E-state index is 12.7. The molecule has 2 aliphatic rings. The molecule has 2 unspecified atom stereocenters. The smallest absolute Gasteiger partial charge is 0.254 e. The van der Waals surface area contributed by atoms with Gasteiger partial charge in [-0.15, -0.1) is 0 Å². The number of aliphatic hydroxyl groups is 1. The van der Waals surface area contributed by atoms with Crippen molar-refractivity contribution < 1.29 is 14.6 Å². The van der Waals surface area contributed by atoms with E-state index in [1.807, 2.05) is 30.0 Å². The Kier molecular flexibility index (Phi) is 3.42. The average molecular weight is 275 g/mol. The van der Waals surface area contributed by atoms with Crippen molar-refractivity contribution in [1.82, 2.24) is 4.90 Å². The second-order valence-corrected chi connectivity index (χ2v) is 5.91. The molecule has 0 radical (unpaired) electrons. The molecule has 0 saturated carbocycles. The van der Waals surface area contributed by atoms with E-state index in [4.69, 9.17) is 4.74 Å². The minimum Gasteiger partial charge on any atom is -0.496 e. The van der Waals surface area contributed by atoms with Crippen molar-refractivity contribution in [2.75, 3.05) is 7.11 Å². The summed E-state index contributed by atoms with van der Waals surface area (Å²) in [6, 6.07) is 6.01. The van der Waals surface area contributed by atoms with Gasteiger partial charge in [-0.3, -0.25) is 4.79 Å². The lowest BCUT2D eigenvalue weighted by atomic mass is 9.98. The van der Waals surface area contributed by atoms with Gasteiger partial charge < -0.3 is 14.7 Å². The molecule has 1 N–H and O–H groups in total. The lowest BCUT2D eigenvalue weighted by Crippen LogP contribution is -2.48. The van der Waals surface area contributed by atoms with Crippen LogP contribution >= 0.6 is 0 Å². The number of methoxy groups -OCH3 is 1. The number of ether oxygens (including phenoxy) is 1. The molecule has 1 aromatic rings. The van der Waals surface area contributed by atoms with Crippen molar-refractivity contribution in [2.24, 2.45) is 0 Å². The summed E-state index contributed by atoms with van der Waals surface area (Å²) in [5.74, 6) is 0.822. The second-order valence-electron chi connectivity index (χ2n) is 5.91. The Morgan fingerprint density at radius 3 is 2.55 bits per heavy atom. The van der Waals surface area contributed by atoms with E-state index in [1.165, 1.54) is 0 Å². The zero-order valence-electron chi connectivity index (χ0n) is 12.0. The molecule has 0 aliphatic carbocycles. The first-order valence-corrected chi connectivity index (χ1v) is 7.25. The lowest BCUT2D eigenvalue weighted by molar-refractivity contribution is 0.0286. The van der Waals surface area contributed by atoms with Gasteiger partial charge >= 0.3 is 0 Å². The van der Waals surface area contributed by atoms with Crippen LogP contribution in [0, 0.1) is 6.92 Å². The van der Waals surface area contributed by atoms with E-state index >= 15 is 0 Å². The number of rotatable bonds is 2. The van der Waals surface area contributed by atoms with Crippen LogP contribution in [0.1, 0.15) is 41.6 Å². The monoisotopic (exact) mass is 275 g/mol. The van der Waals surface area contributed by atoms with Crippen molar-refractivity contribution in [3.8, 4) is 5.75 Å². The van der Waals surface area contributed by atoms with E-state index in [0.29, 0.717) is 18.4 Å². The Morgan fingerprint density at radius 2 is 1.95 bits per heavy atom. The lowest BCUT2D eigenvalue weighted by Gasteiger charge is -2.37. The van der Waals surface area contributed by atoms with Gasteiger partial charge in [0.05, 0.1) is 13.2 Å². The zero-order valence-corrected chi connectivity index (χ0v) is 12.0. The van der Waals surface area contributed by atoms with Crippen LogP contribution in [0.3, 0.4) is 0 Å². The molecule has 2 saturated heterocycles. The molecular formula is C16H21NO3. The van der Waals surface area contributed by atoms with Crippen molar-refractivity contribution in [3.63, 3.8) is 0 Å². The molecule has 0 spiro atoms. The van der Waals surface area contributed by atoms with Gasteiger partial charge in [0, 0.05) is 17.6 Å². The molecule has 3 rings (SSSR count). The minimum atomic E-state index is -0.246. The Morgan fingerprint density at radius 1 is 1.30 bits per heavy atom. The number of fused-ring (bicyclic) bond motifs is 2. The van der Waals surface area contributed by atoms with E-state index in [-0.39, 0.29) is 24.1 Å². The fourth-order valence-corrected chi connectivity index (χ4v) is 3.58. The molecule has 2 heterocycles. The normalized spacial score (nSPS) is 28.6. The first-order valence-electron chi connectivity index (χ1n) is 7.25. The highest BCUT2D eigenvalue weighted by Crippen LogP contribution is 2.37. The first-order chi connectivity index (χ1) is 9.60. The Balaban J connectivity index is 1.86. The van der Waals surface area contributed by atoms with Gasteiger partial charge in [0.25, 0.3) is 5.91 Å². The molecule has 1 amide bonds. The van der Waals surface area contributed by atoms with Gasteiger partial charge in [-0.25, -0.2) is 0 Å². The van der Waals surface area contributed by atoms with Crippen LogP contribution in [0.4, 0.5) is 0 Å². The molecule has 2 fully saturated rings. The Hall–Kier alpha value is -1.55. The summed E-state index contributed by atoms with van der Waals surface area (Å²) >= 11 is 0. The summed E-state index contributed by atoms with van der Waals surface area (Å²) in [5.41, 5.74) is 1.71. The van der Waals surface area contributed by atoms with Gasteiger partial charge in [-0.2, -0.15) is 0 Å². The van der Waals surface area contributed by atoms with Crippen LogP contribution in [0.2, 0.25) is 0 Å². The standard InChI is InChI=1S/C16H21NO3/c1-10-3-4-11(7-15(10)20-2)16(19)17-12-5-6-13(17)9-14(18)8-12/h3-4,7,12-14,18H,5-6,8-9H2,1-2H3. The summed E-state index contributed by atoms with van der Waals surface area (Å²) in [4.78, 5) is 14.7. The third-order valence-electron chi connectivity index (χ3n) is 4.60. The van der Waals surface area contributed by atoms with E-state index in [9.17, 15) is 9.90 Å². The highest BCUT2D eigenvalue weighted by atomic mass is 16.5. The second kappa shape index (κ2) is 5.09. The van der Waals surface area contributed by atoms with Crippen LogP contribution in [-0.2, 0) is 0 Å². The summed E-state index contributed by atoms with van der Waals surface area (Å²) in [6.07, 6.45) is 3.20. The molecule has 2 aliphatic heterocycles. The topological polar surface area (TPSA) is 49.8 Å². The molecule has 2 bridgehead atoms. The molecule has 2 atom stereocenters. The Bertz CT molecular complexity index is 514. The number of carbonyl (C=O) groups excluding carboxylic acids is 1. The molecule has 0 aromatic heterocycles. The number of hydrogen-bond donors (Lipinski definition) is 1. The van der Waals surface area contributed by atoms with Crippen LogP contribution in [0.15, 0.2) is 18.2 Å². The van der Waals surface area contributed by atoms with Crippen molar-refractivity contribution in [3.05, 3.63) is 29.3 Å². The minimum absolute atomic E-state index is 0.0719. The quantitative estimate of drug-likeness (QED) is 0.899. The highest BCUT2D eigenvalue weighted by Gasteiger charge is 2.42. The fraction of sp³-hybridized carbons (Fsp3) is 0.562. The highest BCUT2D eigenvalue weighted by molar-refractivity contribution is 5.95. The van der Waals surface area contributed by atoms with Crippen LogP contribution in [-0.4, -0.2) is 41.2 Å². The zero-order chi connectivity index (χ0) is 14.3. The summed E-state index contributed by atoms with van der Waals surface area (Å²) in [5, 5.41) is 9.82. The molecule has 1 aromatic carbocycles. The van der Waals surface area contributed by atoms with Crippen LogP contribution < -0.4 is 4.74 Å². The van der Waals surface area contributed by atoms with E-state index < -0.39 is 0 Å². The Labute approximate surface area is 119 Å². The summed E-state index contributed by atoms with van der Waals surface area (Å²) in [6.45, 7) is 1.97. The van der Waals surface area contributed by atoms with E-state index in [2.05, 4.69) is 0 Å². The molecule has 4 heteroatoms. The van der Waals surface area contributed by atoms with Gasteiger partial charge in [-0.1, -0.05) is 6.07 Å². The SMILES string of the molecule is COc1cc(C(=O)N2C3CCC2CC(O)C3)ccc1C. The van der Waals surface area contributed by atoms with Crippen molar-refractivity contribution in [2.45, 2.75) is 50.8 Å². The average Bonchev–Trinajstić information content (AvgIpc) is 2.70. The number of benzene rings is 1. The third-order valence-corrected chi connectivity index (χ3v) is 4.60. The van der Waals surface area contributed by atoms with Crippen molar-refractivity contribution >= 4 is 5.91 Å². The van der Waals surface area contributed by atoms with Crippen molar-refractivity contribution in [1.29, 1.82) is 0 Å². The van der Waals surface area contributed by atoms with Gasteiger partial charge in [-0.05, 0) is 50.3 Å². The predicted molar refractivity (Wildman–Crippen MR) is 76.0 cm³/mol. The number of carbonyl (C=O) groups is 1. The third kappa shape index (κ3) is 2.18. The first kappa shape index (κ1) is 13.4. The summed E-state index contributed by atoms with van der Waals surface area (Å²) in [7, 11) is 1.62. The van der Waals surface area contributed by atoms with Gasteiger partial charge in [0.1, 0.15) is 5.75 Å². The van der Waals surface area contributed by atoms with Gasteiger partial charge in [0.2, 0.25) is 0 Å². The van der Waals surface area contributed by atoms with Gasteiger partial charge in [0.15, 0.2) is 0 Å². The van der Waals surface area contributed by atoms with Crippen LogP contribution in [0.25, 0.3) is 0 Å². The fourth-order valence-electron chi connectivity index (χ4n) is 3.58. The van der Waals surface area contributed by atoms with E-state index in [0.717, 1.165) is 24.2 Å². The van der Waals surface area contributed by atoms with Crippen LogP contribution in [0.5, 0.6) is 5.75 Å². The maximum Gasteiger partial charge on any atom is 0.254 e. The number of piperidine rings is 1. The summed E-state index contributed by atoms with van der Waals surface area (Å²) < 4.78 is 5.30. The van der Waals surface area contributed by atoms with E-state index in [1.54, 1.807) is 7.11 Å². The number of aryl methyl sites for hydroxylation is 1. The molecular weight excluding hydrogens is 254 g/mol. The number of nitrogens with zero attached hydrogens (tertiary/aromatic N) is 1. The maximum atomic E-state index is 12.7. The number of hydrogen-bond acceptors (Lipinski definition) is 3. The molecule has 108 valence electrons. The largest absolute Gasteiger partial charge is 0.496 e. The number of amides is 1. The molecule has 20 heavy (non-hydrogen) atoms. The number of aliphatic hydroxyl groups excluding tert-OH is 1. The predicted octanol–water partition coefficient (Wildman–Crippen LogP) is 2.13.